The molecule has 2 N–H and O–H groups in total. The monoisotopic (exact) mass is 497 g/mol. The normalized spacial score (nSPS) is 10.9. The van der Waals surface area contributed by atoms with Crippen molar-refractivity contribution in [2.75, 3.05) is 35.7 Å². The molecule has 3 aromatic carbocycles. The number of benzene rings is 3. The van der Waals surface area contributed by atoms with Gasteiger partial charge in [0.25, 0.3) is 15.9 Å². The second kappa shape index (κ2) is 10.9. The number of hydrogen-bond donors (Lipinski definition) is 2. The number of methoxy groups -OCH3 is 1. The van der Waals surface area contributed by atoms with Crippen molar-refractivity contribution in [1.29, 1.82) is 0 Å². The maximum atomic E-state index is 12.9. The lowest BCUT2D eigenvalue weighted by Gasteiger charge is -2.17. The zero-order chi connectivity index (χ0) is 25.6. The molecule has 3 aromatic rings. The summed E-state index contributed by atoms with van der Waals surface area (Å²) in [6.45, 7) is 3.71. The number of aryl methyl sites for hydroxylation is 1. The van der Waals surface area contributed by atoms with E-state index in [-0.39, 0.29) is 17.1 Å². The van der Waals surface area contributed by atoms with Crippen molar-refractivity contribution in [2.45, 2.75) is 18.7 Å². The third-order valence-electron chi connectivity index (χ3n) is 5.16. The average molecular weight is 498 g/mol. The van der Waals surface area contributed by atoms with Crippen LogP contribution in [0.4, 0.5) is 21.9 Å². The molecule has 0 saturated heterocycles. The molecule has 0 heterocycles. The van der Waals surface area contributed by atoms with Crippen LogP contribution in [0.25, 0.3) is 0 Å². The molecule has 10 heteroatoms. The van der Waals surface area contributed by atoms with Gasteiger partial charge in [0.2, 0.25) is 0 Å². The number of nitrogens with one attached hydrogen (secondary N) is 2. The smallest absolute Gasteiger partial charge is 0.413 e. The Bertz CT molecular complexity index is 1310. The van der Waals surface area contributed by atoms with E-state index < -0.39 is 22.0 Å². The van der Waals surface area contributed by atoms with Crippen LogP contribution in [0.5, 0.6) is 5.75 Å². The van der Waals surface area contributed by atoms with E-state index >= 15 is 0 Å². The minimum absolute atomic E-state index is 0.0459. The lowest BCUT2D eigenvalue weighted by Crippen LogP contribution is -2.26. The number of amides is 2. The number of carbonyl (C=O) groups excluding carboxylic acids is 2. The summed E-state index contributed by atoms with van der Waals surface area (Å²) in [7, 11) is -0.820. The van der Waals surface area contributed by atoms with E-state index in [1.165, 1.54) is 24.1 Å². The Morgan fingerprint density at radius 1 is 0.943 bits per heavy atom. The standard InChI is InChI=1S/C25H27N3O6S/c1-5-34-25(30)28(3)20-11-7-18(8-12-20)26-24(29)23-16-22(15-6-17(23)2)35(31,32)27-19-9-13-21(33-4)14-10-19/h6-16,27H,5H2,1-4H3,(H,26,29). The zero-order valence-corrected chi connectivity index (χ0v) is 20.7. The molecule has 3 rings (SSSR count). The molecule has 0 spiro atoms. The SMILES string of the molecule is CCOC(=O)N(C)c1ccc(NC(=O)c2cc(S(=O)(=O)Nc3ccc(OC)cc3)ccc2C)cc1. The third-order valence-corrected chi connectivity index (χ3v) is 6.54. The molecule has 0 aliphatic rings. The highest BCUT2D eigenvalue weighted by Crippen LogP contribution is 2.23. The summed E-state index contributed by atoms with van der Waals surface area (Å²) in [6, 6.07) is 17.4. The van der Waals surface area contributed by atoms with E-state index in [2.05, 4.69) is 10.0 Å². The van der Waals surface area contributed by atoms with Crippen molar-refractivity contribution in [1.82, 2.24) is 0 Å². The molecule has 0 aliphatic heterocycles. The molecule has 9 nitrogen and oxygen atoms in total. The van der Waals surface area contributed by atoms with Gasteiger partial charge in [0.05, 0.1) is 18.6 Å². The molecule has 0 unspecified atom stereocenters. The van der Waals surface area contributed by atoms with Crippen molar-refractivity contribution in [2.24, 2.45) is 0 Å². The predicted molar refractivity (Wildman–Crippen MR) is 135 cm³/mol. The van der Waals surface area contributed by atoms with E-state index in [1.807, 2.05) is 0 Å². The van der Waals surface area contributed by atoms with Gasteiger partial charge in [-0.2, -0.15) is 0 Å². The van der Waals surface area contributed by atoms with Gasteiger partial charge in [-0.05, 0) is 80.1 Å². The van der Waals surface area contributed by atoms with Gasteiger partial charge < -0.3 is 14.8 Å². The number of nitrogens with zero attached hydrogens (tertiary/aromatic N) is 1. The van der Waals surface area contributed by atoms with Crippen molar-refractivity contribution < 1.29 is 27.5 Å². The maximum absolute atomic E-state index is 12.9. The Hall–Kier alpha value is -4.05. The minimum atomic E-state index is -3.93. The van der Waals surface area contributed by atoms with Crippen LogP contribution in [0.2, 0.25) is 0 Å². The van der Waals surface area contributed by atoms with Gasteiger partial charge >= 0.3 is 6.09 Å². The molecule has 0 fully saturated rings. The van der Waals surface area contributed by atoms with Crippen LogP contribution in [0.3, 0.4) is 0 Å². The quantitative estimate of drug-likeness (QED) is 0.468. The molecule has 0 bridgehead atoms. The number of carbonyl (C=O) groups is 2. The number of ether oxygens (including phenoxy) is 2. The molecular weight excluding hydrogens is 470 g/mol. The fourth-order valence-electron chi connectivity index (χ4n) is 3.18. The lowest BCUT2D eigenvalue weighted by atomic mass is 10.1. The molecule has 0 atom stereocenters. The van der Waals surface area contributed by atoms with Crippen LogP contribution in [-0.2, 0) is 14.8 Å². The average Bonchev–Trinajstić information content (AvgIpc) is 2.84. The topological polar surface area (TPSA) is 114 Å². The van der Waals surface area contributed by atoms with E-state index in [1.54, 1.807) is 75.5 Å². The molecule has 35 heavy (non-hydrogen) atoms. The van der Waals surface area contributed by atoms with Crippen molar-refractivity contribution in [3.05, 3.63) is 77.9 Å². The predicted octanol–water partition coefficient (Wildman–Crippen LogP) is 4.65. The van der Waals surface area contributed by atoms with E-state index in [4.69, 9.17) is 9.47 Å². The van der Waals surface area contributed by atoms with Gasteiger partial charge in [-0.25, -0.2) is 13.2 Å². The van der Waals surface area contributed by atoms with Crippen molar-refractivity contribution in [3.63, 3.8) is 0 Å². The Labute approximate surface area is 204 Å². The van der Waals surface area contributed by atoms with Crippen molar-refractivity contribution >= 4 is 39.1 Å². The second-order valence-corrected chi connectivity index (χ2v) is 9.25. The number of anilines is 3. The first kappa shape index (κ1) is 25.6. The van der Waals surface area contributed by atoms with Crippen LogP contribution in [0.1, 0.15) is 22.8 Å². The molecular formula is C25H27N3O6S. The number of rotatable bonds is 8. The summed E-state index contributed by atoms with van der Waals surface area (Å²) in [5.41, 5.74) is 2.28. The van der Waals surface area contributed by atoms with E-state index in [0.717, 1.165) is 0 Å². The zero-order valence-electron chi connectivity index (χ0n) is 19.9. The molecule has 0 aliphatic carbocycles. The third kappa shape index (κ3) is 6.30. The Morgan fingerprint density at radius 2 is 1.57 bits per heavy atom. The lowest BCUT2D eigenvalue weighted by molar-refractivity contribution is 0.102. The Morgan fingerprint density at radius 3 is 2.17 bits per heavy atom. The summed E-state index contributed by atoms with van der Waals surface area (Å²) < 4.78 is 38.3. The van der Waals surface area contributed by atoms with Gasteiger partial charge in [0.1, 0.15) is 5.75 Å². The van der Waals surface area contributed by atoms with Gasteiger partial charge in [0, 0.05) is 29.7 Å². The fraction of sp³-hybridized carbons (Fsp3) is 0.200. The first-order chi connectivity index (χ1) is 16.6. The fourth-order valence-corrected chi connectivity index (χ4v) is 4.26. The summed E-state index contributed by atoms with van der Waals surface area (Å²) in [5.74, 6) is 0.137. The first-order valence-electron chi connectivity index (χ1n) is 10.7. The highest BCUT2D eigenvalue weighted by molar-refractivity contribution is 7.92. The molecule has 0 aromatic heterocycles. The van der Waals surface area contributed by atoms with Crippen LogP contribution in [-0.4, -0.2) is 41.2 Å². The highest BCUT2D eigenvalue weighted by Gasteiger charge is 2.19. The number of sulfonamides is 1. The molecule has 0 radical (unpaired) electrons. The number of hydrogen-bond acceptors (Lipinski definition) is 6. The first-order valence-corrected chi connectivity index (χ1v) is 12.2. The van der Waals surface area contributed by atoms with Gasteiger partial charge in [-0.1, -0.05) is 6.07 Å². The highest BCUT2D eigenvalue weighted by atomic mass is 32.2. The second-order valence-electron chi connectivity index (χ2n) is 7.57. The summed E-state index contributed by atoms with van der Waals surface area (Å²) in [5, 5.41) is 2.76. The molecule has 2 amide bonds. The Balaban J connectivity index is 1.76. The summed E-state index contributed by atoms with van der Waals surface area (Å²) in [6.07, 6.45) is -0.485. The molecule has 184 valence electrons. The summed E-state index contributed by atoms with van der Waals surface area (Å²) in [4.78, 5) is 26.1. The Kier molecular flexibility index (Phi) is 7.98. The van der Waals surface area contributed by atoms with Gasteiger partial charge in [-0.15, -0.1) is 0 Å². The summed E-state index contributed by atoms with van der Waals surface area (Å²) >= 11 is 0. The van der Waals surface area contributed by atoms with Gasteiger partial charge in [-0.3, -0.25) is 14.4 Å². The van der Waals surface area contributed by atoms with Crippen molar-refractivity contribution in [3.8, 4) is 5.75 Å². The maximum Gasteiger partial charge on any atom is 0.413 e. The van der Waals surface area contributed by atoms with Crippen LogP contribution < -0.4 is 19.7 Å². The van der Waals surface area contributed by atoms with Crippen LogP contribution in [0.15, 0.2) is 71.6 Å². The van der Waals surface area contributed by atoms with Gasteiger partial charge in [0.15, 0.2) is 0 Å². The largest absolute Gasteiger partial charge is 0.497 e. The minimum Gasteiger partial charge on any atom is -0.497 e. The van der Waals surface area contributed by atoms with E-state index in [9.17, 15) is 18.0 Å². The van der Waals surface area contributed by atoms with Crippen LogP contribution in [0, 0.1) is 6.92 Å². The van der Waals surface area contributed by atoms with E-state index in [0.29, 0.717) is 28.4 Å². The van der Waals surface area contributed by atoms with Crippen LogP contribution >= 0.6 is 0 Å². The molecule has 0 saturated carbocycles.